The molecule has 2 N–H and O–H groups in total. The summed E-state index contributed by atoms with van der Waals surface area (Å²) in [6.07, 6.45) is 2.84. The third-order valence-electron chi connectivity index (χ3n) is 1.93. The number of hydrogen-bond acceptors (Lipinski definition) is 5. The van der Waals surface area contributed by atoms with Crippen molar-refractivity contribution >= 4 is 5.95 Å². The maximum absolute atomic E-state index is 5.28. The standard InChI is InChI=1S/C11H20N4O/c1-3-6-12-8-9-14-11-13-7-5-10(15-11)16-4-2/h5,7,12H,3-4,6,8-9H2,1-2H3,(H,13,14,15). The molecule has 0 saturated carbocycles. The minimum absolute atomic E-state index is 0.613. The summed E-state index contributed by atoms with van der Waals surface area (Å²) in [7, 11) is 0. The molecule has 0 spiro atoms. The van der Waals surface area contributed by atoms with Gasteiger partial charge < -0.3 is 15.4 Å². The summed E-state index contributed by atoms with van der Waals surface area (Å²) < 4.78 is 5.28. The third-order valence-corrected chi connectivity index (χ3v) is 1.93. The first-order valence-corrected chi connectivity index (χ1v) is 5.77. The van der Waals surface area contributed by atoms with E-state index in [-0.39, 0.29) is 0 Å². The predicted octanol–water partition coefficient (Wildman–Crippen LogP) is 1.29. The van der Waals surface area contributed by atoms with E-state index in [1.807, 2.05) is 6.92 Å². The van der Waals surface area contributed by atoms with Crippen molar-refractivity contribution in [3.05, 3.63) is 12.3 Å². The van der Waals surface area contributed by atoms with E-state index in [1.165, 1.54) is 0 Å². The van der Waals surface area contributed by atoms with Gasteiger partial charge in [0.15, 0.2) is 0 Å². The summed E-state index contributed by atoms with van der Waals surface area (Å²) in [6, 6.07) is 1.75. The van der Waals surface area contributed by atoms with Crippen molar-refractivity contribution < 1.29 is 4.74 Å². The molecular formula is C11H20N4O. The van der Waals surface area contributed by atoms with Gasteiger partial charge in [0.05, 0.1) is 6.61 Å². The van der Waals surface area contributed by atoms with E-state index in [2.05, 4.69) is 27.5 Å². The number of nitrogens with one attached hydrogen (secondary N) is 2. The number of ether oxygens (including phenoxy) is 1. The van der Waals surface area contributed by atoms with Crippen LogP contribution >= 0.6 is 0 Å². The maximum Gasteiger partial charge on any atom is 0.225 e. The highest BCUT2D eigenvalue weighted by molar-refractivity contribution is 5.27. The monoisotopic (exact) mass is 224 g/mol. The highest BCUT2D eigenvalue weighted by Crippen LogP contribution is 2.07. The lowest BCUT2D eigenvalue weighted by atomic mass is 10.5. The zero-order valence-electron chi connectivity index (χ0n) is 9.99. The van der Waals surface area contributed by atoms with E-state index in [4.69, 9.17) is 4.74 Å². The predicted molar refractivity (Wildman–Crippen MR) is 64.9 cm³/mol. The van der Waals surface area contributed by atoms with Gasteiger partial charge in [0, 0.05) is 25.4 Å². The van der Waals surface area contributed by atoms with E-state index in [9.17, 15) is 0 Å². The van der Waals surface area contributed by atoms with Gasteiger partial charge >= 0.3 is 0 Å². The van der Waals surface area contributed by atoms with Crippen LogP contribution in [0.4, 0.5) is 5.95 Å². The van der Waals surface area contributed by atoms with E-state index < -0.39 is 0 Å². The summed E-state index contributed by atoms with van der Waals surface area (Å²) in [6.45, 7) is 7.47. The molecule has 0 aliphatic rings. The summed E-state index contributed by atoms with van der Waals surface area (Å²) in [5.74, 6) is 1.23. The minimum Gasteiger partial charge on any atom is -0.478 e. The first-order chi connectivity index (χ1) is 7.86. The van der Waals surface area contributed by atoms with Gasteiger partial charge in [-0.2, -0.15) is 4.98 Å². The Kier molecular flexibility index (Phi) is 6.25. The van der Waals surface area contributed by atoms with Crippen LogP contribution in [-0.4, -0.2) is 36.2 Å². The van der Waals surface area contributed by atoms with Crippen LogP contribution in [0.3, 0.4) is 0 Å². The fourth-order valence-electron chi connectivity index (χ4n) is 1.22. The summed E-state index contributed by atoms with van der Waals surface area (Å²) in [5, 5.41) is 6.43. The molecular weight excluding hydrogens is 204 g/mol. The molecule has 0 radical (unpaired) electrons. The molecule has 0 bridgehead atoms. The Labute approximate surface area is 96.6 Å². The second-order valence-corrected chi connectivity index (χ2v) is 3.33. The molecule has 0 amide bonds. The first-order valence-electron chi connectivity index (χ1n) is 5.77. The second kappa shape index (κ2) is 7.87. The van der Waals surface area contributed by atoms with Crippen LogP contribution in [0.25, 0.3) is 0 Å². The molecule has 0 saturated heterocycles. The SMILES string of the molecule is CCCNCCNc1nccc(OCC)n1. The van der Waals surface area contributed by atoms with Gasteiger partial charge in [-0.3, -0.25) is 0 Å². The molecule has 0 aliphatic heterocycles. The molecule has 0 atom stereocenters. The summed E-state index contributed by atoms with van der Waals surface area (Å²) >= 11 is 0. The van der Waals surface area contributed by atoms with E-state index in [1.54, 1.807) is 12.3 Å². The van der Waals surface area contributed by atoms with Gasteiger partial charge in [0.25, 0.3) is 0 Å². The summed E-state index contributed by atoms with van der Waals surface area (Å²) in [4.78, 5) is 8.32. The molecule has 0 aliphatic carbocycles. The number of anilines is 1. The van der Waals surface area contributed by atoms with Crippen LogP contribution in [0.1, 0.15) is 20.3 Å². The molecule has 0 aromatic carbocycles. The van der Waals surface area contributed by atoms with Gasteiger partial charge in [-0.1, -0.05) is 6.92 Å². The average molecular weight is 224 g/mol. The normalized spacial score (nSPS) is 10.1. The lowest BCUT2D eigenvalue weighted by molar-refractivity contribution is 0.326. The number of aromatic nitrogens is 2. The molecule has 5 nitrogen and oxygen atoms in total. The molecule has 90 valence electrons. The van der Waals surface area contributed by atoms with Crippen molar-refractivity contribution in [3.63, 3.8) is 0 Å². The van der Waals surface area contributed by atoms with E-state index in [0.29, 0.717) is 18.4 Å². The molecule has 1 rings (SSSR count). The molecule has 1 heterocycles. The number of nitrogens with zero attached hydrogens (tertiary/aromatic N) is 2. The molecule has 1 aromatic rings. The quantitative estimate of drug-likeness (QED) is 0.652. The Morgan fingerprint density at radius 2 is 2.12 bits per heavy atom. The Morgan fingerprint density at radius 1 is 1.25 bits per heavy atom. The van der Waals surface area contributed by atoms with Crippen molar-refractivity contribution in [2.75, 3.05) is 31.6 Å². The lowest BCUT2D eigenvalue weighted by Crippen LogP contribution is -2.23. The van der Waals surface area contributed by atoms with Crippen LogP contribution in [0.15, 0.2) is 12.3 Å². The van der Waals surface area contributed by atoms with Crippen molar-refractivity contribution in [1.29, 1.82) is 0 Å². The van der Waals surface area contributed by atoms with Gasteiger partial charge in [-0.05, 0) is 19.9 Å². The van der Waals surface area contributed by atoms with Gasteiger partial charge in [-0.25, -0.2) is 4.98 Å². The average Bonchev–Trinajstić information content (AvgIpc) is 2.30. The lowest BCUT2D eigenvalue weighted by Gasteiger charge is -2.07. The van der Waals surface area contributed by atoms with Crippen LogP contribution in [0, 0.1) is 0 Å². The van der Waals surface area contributed by atoms with Crippen LogP contribution in [0.2, 0.25) is 0 Å². The largest absolute Gasteiger partial charge is 0.478 e. The van der Waals surface area contributed by atoms with Gasteiger partial charge in [0.1, 0.15) is 0 Å². The fraction of sp³-hybridized carbons (Fsp3) is 0.636. The van der Waals surface area contributed by atoms with E-state index >= 15 is 0 Å². The first kappa shape index (κ1) is 12.7. The Hall–Kier alpha value is -1.36. The zero-order chi connectivity index (χ0) is 11.6. The Morgan fingerprint density at radius 3 is 2.88 bits per heavy atom. The van der Waals surface area contributed by atoms with E-state index in [0.717, 1.165) is 26.1 Å². The van der Waals surface area contributed by atoms with Crippen LogP contribution in [-0.2, 0) is 0 Å². The highest BCUT2D eigenvalue weighted by atomic mass is 16.5. The van der Waals surface area contributed by atoms with Gasteiger partial charge in [-0.15, -0.1) is 0 Å². The van der Waals surface area contributed by atoms with Crippen molar-refractivity contribution in [2.45, 2.75) is 20.3 Å². The topological polar surface area (TPSA) is 59.1 Å². The maximum atomic E-state index is 5.28. The molecule has 0 unspecified atom stereocenters. The van der Waals surface area contributed by atoms with Crippen molar-refractivity contribution in [1.82, 2.24) is 15.3 Å². The number of rotatable bonds is 8. The minimum atomic E-state index is 0.613. The fourth-order valence-corrected chi connectivity index (χ4v) is 1.22. The van der Waals surface area contributed by atoms with Crippen molar-refractivity contribution in [2.24, 2.45) is 0 Å². The zero-order valence-corrected chi connectivity index (χ0v) is 9.99. The smallest absolute Gasteiger partial charge is 0.225 e. The Bertz CT molecular complexity index is 293. The molecule has 5 heteroatoms. The van der Waals surface area contributed by atoms with Gasteiger partial charge in [0.2, 0.25) is 11.8 Å². The Balaban J connectivity index is 2.27. The molecule has 16 heavy (non-hydrogen) atoms. The second-order valence-electron chi connectivity index (χ2n) is 3.33. The van der Waals surface area contributed by atoms with Crippen LogP contribution < -0.4 is 15.4 Å². The third kappa shape index (κ3) is 4.93. The molecule has 0 fully saturated rings. The summed E-state index contributed by atoms with van der Waals surface area (Å²) in [5.41, 5.74) is 0. The molecule has 1 aromatic heterocycles. The van der Waals surface area contributed by atoms with Crippen molar-refractivity contribution in [3.8, 4) is 5.88 Å². The number of hydrogen-bond donors (Lipinski definition) is 2. The highest BCUT2D eigenvalue weighted by Gasteiger charge is 1.98. The van der Waals surface area contributed by atoms with Crippen LogP contribution in [0.5, 0.6) is 5.88 Å².